The summed E-state index contributed by atoms with van der Waals surface area (Å²) in [4.78, 5) is 0. The van der Waals surface area contributed by atoms with Crippen LogP contribution in [0.1, 0.15) is 24.2 Å². The van der Waals surface area contributed by atoms with Crippen molar-refractivity contribution >= 4 is 0 Å². The zero-order valence-electron chi connectivity index (χ0n) is 13.5. The smallest absolute Gasteiger partial charge is 0.127 e. The summed E-state index contributed by atoms with van der Waals surface area (Å²) in [5.41, 5.74) is 1.46. The summed E-state index contributed by atoms with van der Waals surface area (Å²) < 4.78 is 29.2. The molecule has 124 valence electrons. The van der Waals surface area contributed by atoms with Crippen LogP contribution in [0.15, 0.2) is 42.5 Å². The molecule has 1 N–H and O–H groups in total. The summed E-state index contributed by atoms with van der Waals surface area (Å²) in [6.45, 7) is 2.11. The molecule has 0 spiro atoms. The SMILES string of the molecule is COc1ccc(COC(C)C(O)c2ccc(F)cc2OC)cc1. The van der Waals surface area contributed by atoms with Crippen molar-refractivity contribution in [1.82, 2.24) is 0 Å². The Labute approximate surface area is 135 Å². The second-order valence-corrected chi connectivity index (χ2v) is 5.20. The number of hydrogen-bond acceptors (Lipinski definition) is 4. The van der Waals surface area contributed by atoms with E-state index in [1.807, 2.05) is 24.3 Å². The summed E-state index contributed by atoms with van der Waals surface area (Å²) in [7, 11) is 3.05. The van der Waals surface area contributed by atoms with Crippen LogP contribution < -0.4 is 9.47 Å². The molecule has 0 aliphatic heterocycles. The lowest BCUT2D eigenvalue weighted by atomic mass is 10.0. The van der Waals surface area contributed by atoms with Crippen LogP contribution in [0.25, 0.3) is 0 Å². The molecule has 0 saturated carbocycles. The average molecular weight is 320 g/mol. The molecular formula is C18H21FO4. The molecule has 0 bridgehead atoms. The minimum atomic E-state index is -0.913. The van der Waals surface area contributed by atoms with Crippen LogP contribution in [0.5, 0.6) is 11.5 Å². The fourth-order valence-electron chi connectivity index (χ4n) is 2.22. The summed E-state index contributed by atoms with van der Waals surface area (Å²) in [6.07, 6.45) is -1.39. The van der Waals surface area contributed by atoms with Crippen molar-refractivity contribution in [2.24, 2.45) is 0 Å². The van der Waals surface area contributed by atoms with Crippen molar-refractivity contribution in [2.75, 3.05) is 14.2 Å². The molecule has 0 aromatic heterocycles. The van der Waals surface area contributed by atoms with Crippen LogP contribution in [0.4, 0.5) is 4.39 Å². The molecule has 2 aromatic rings. The molecule has 2 unspecified atom stereocenters. The van der Waals surface area contributed by atoms with Crippen molar-refractivity contribution in [3.63, 3.8) is 0 Å². The van der Waals surface area contributed by atoms with E-state index in [0.29, 0.717) is 17.9 Å². The number of aliphatic hydroxyl groups excluding tert-OH is 1. The van der Waals surface area contributed by atoms with E-state index in [9.17, 15) is 9.50 Å². The van der Waals surface area contributed by atoms with Crippen LogP contribution in [-0.4, -0.2) is 25.4 Å². The third-order valence-corrected chi connectivity index (χ3v) is 3.63. The normalized spacial score (nSPS) is 13.4. The van der Waals surface area contributed by atoms with Crippen molar-refractivity contribution < 1.29 is 23.7 Å². The first-order chi connectivity index (χ1) is 11.0. The number of ether oxygens (including phenoxy) is 3. The maximum absolute atomic E-state index is 13.2. The Balaban J connectivity index is 2.00. The third kappa shape index (κ3) is 4.43. The van der Waals surface area contributed by atoms with E-state index < -0.39 is 18.0 Å². The molecule has 2 atom stereocenters. The van der Waals surface area contributed by atoms with Crippen LogP contribution in [0, 0.1) is 5.82 Å². The van der Waals surface area contributed by atoms with Crippen molar-refractivity contribution in [3.8, 4) is 11.5 Å². The molecule has 0 amide bonds. The molecule has 5 heteroatoms. The lowest BCUT2D eigenvalue weighted by Crippen LogP contribution is -2.19. The van der Waals surface area contributed by atoms with Crippen LogP contribution >= 0.6 is 0 Å². The fraction of sp³-hybridized carbons (Fsp3) is 0.333. The summed E-state index contributed by atoms with van der Waals surface area (Å²) in [5, 5.41) is 10.4. The van der Waals surface area contributed by atoms with E-state index in [2.05, 4.69) is 0 Å². The van der Waals surface area contributed by atoms with E-state index in [4.69, 9.17) is 14.2 Å². The van der Waals surface area contributed by atoms with Crippen molar-refractivity contribution in [1.29, 1.82) is 0 Å². The molecule has 23 heavy (non-hydrogen) atoms. The molecule has 0 aliphatic rings. The first-order valence-corrected chi connectivity index (χ1v) is 7.31. The quantitative estimate of drug-likeness (QED) is 0.848. The van der Waals surface area contributed by atoms with E-state index >= 15 is 0 Å². The van der Waals surface area contributed by atoms with Crippen LogP contribution in [0.2, 0.25) is 0 Å². The van der Waals surface area contributed by atoms with E-state index in [1.165, 1.54) is 25.3 Å². The first kappa shape index (κ1) is 17.2. The lowest BCUT2D eigenvalue weighted by Gasteiger charge is -2.21. The fourth-order valence-corrected chi connectivity index (χ4v) is 2.22. The Kier molecular flexibility index (Phi) is 5.96. The standard InChI is InChI=1S/C18H21FO4/c1-12(23-11-13-4-7-15(21-2)8-5-13)18(20)16-9-6-14(19)10-17(16)22-3/h4-10,12,18,20H,11H2,1-3H3. The highest BCUT2D eigenvalue weighted by atomic mass is 19.1. The number of rotatable bonds is 7. The molecule has 0 fully saturated rings. The van der Waals surface area contributed by atoms with E-state index in [1.54, 1.807) is 14.0 Å². The van der Waals surface area contributed by atoms with Gasteiger partial charge in [-0.1, -0.05) is 12.1 Å². The first-order valence-electron chi connectivity index (χ1n) is 7.31. The van der Waals surface area contributed by atoms with Gasteiger partial charge < -0.3 is 19.3 Å². The van der Waals surface area contributed by atoms with E-state index in [-0.39, 0.29) is 0 Å². The summed E-state index contributed by atoms with van der Waals surface area (Å²) in [5.74, 6) is 0.667. The largest absolute Gasteiger partial charge is 0.497 e. The van der Waals surface area contributed by atoms with Gasteiger partial charge in [0, 0.05) is 11.6 Å². The van der Waals surface area contributed by atoms with E-state index in [0.717, 1.165) is 11.3 Å². The molecule has 0 radical (unpaired) electrons. The zero-order valence-corrected chi connectivity index (χ0v) is 13.5. The second kappa shape index (κ2) is 7.94. The Bertz CT molecular complexity index is 627. The van der Waals surface area contributed by atoms with Crippen LogP contribution in [0.3, 0.4) is 0 Å². The van der Waals surface area contributed by atoms with Gasteiger partial charge in [-0.15, -0.1) is 0 Å². The van der Waals surface area contributed by atoms with Gasteiger partial charge in [-0.05, 0) is 36.8 Å². The molecule has 2 rings (SSSR count). The van der Waals surface area contributed by atoms with Gasteiger partial charge in [0.2, 0.25) is 0 Å². The minimum Gasteiger partial charge on any atom is -0.497 e. The van der Waals surface area contributed by atoms with Gasteiger partial charge in [-0.2, -0.15) is 0 Å². The van der Waals surface area contributed by atoms with Gasteiger partial charge in [-0.25, -0.2) is 4.39 Å². The summed E-state index contributed by atoms with van der Waals surface area (Å²) in [6, 6.07) is 11.5. The molecule has 0 saturated heterocycles. The summed E-state index contributed by atoms with van der Waals surface area (Å²) >= 11 is 0. The van der Waals surface area contributed by atoms with Gasteiger partial charge in [0.1, 0.15) is 23.4 Å². The average Bonchev–Trinajstić information content (AvgIpc) is 2.59. The Morgan fingerprint density at radius 3 is 2.35 bits per heavy atom. The van der Waals surface area contributed by atoms with Crippen molar-refractivity contribution in [2.45, 2.75) is 25.7 Å². The van der Waals surface area contributed by atoms with Crippen LogP contribution in [-0.2, 0) is 11.3 Å². The van der Waals surface area contributed by atoms with Gasteiger partial charge in [0.05, 0.1) is 26.9 Å². The Morgan fingerprint density at radius 1 is 1.04 bits per heavy atom. The highest BCUT2D eigenvalue weighted by Crippen LogP contribution is 2.29. The third-order valence-electron chi connectivity index (χ3n) is 3.63. The van der Waals surface area contributed by atoms with Gasteiger partial charge >= 0.3 is 0 Å². The molecular weight excluding hydrogens is 299 g/mol. The second-order valence-electron chi connectivity index (χ2n) is 5.20. The Hall–Kier alpha value is -2.11. The highest BCUT2D eigenvalue weighted by Gasteiger charge is 2.21. The number of halogens is 1. The van der Waals surface area contributed by atoms with Crippen molar-refractivity contribution in [3.05, 3.63) is 59.4 Å². The molecule has 4 nitrogen and oxygen atoms in total. The monoisotopic (exact) mass is 320 g/mol. The number of methoxy groups -OCH3 is 2. The van der Waals surface area contributed by atoms with Gasteiger partial charge in [0.25, 0.3) is 0 Å². The predicted molar refractivity (Wildman–Crippen MR) is 85.2 cm³/mol. The maximum Gasteiger partial charge on any atom is 0.127 e. The minimum absolute atomic E-state index is 0.303. The lowest BCUT2D eigenvalue weighted by molar-refractivity contribution is -0.0372. The van der Waals surface area contributed by atoms with Gasteiger partial charge in [0.15, 0.2) is 0 Å². The Morgan fingerprint density at radius 2 is 1.74 bits per heavy atom. The zero-order chi connectivity index (χ0) is 16.8. The molecule has 0 heterocycles. The molecule has 0 aliphatic carbocycles. The number of aliphatic hydroxyl groups is 1. The predicted octanol–water partition coefficient (Wildman–Crippen LogP) is 3.48. The number of hydrogen-bond donors (Lipinski definition) is 1. The number of benzene rings is 2. The van der Waals surface area contributed by atoms with Gasteiger partial charge in [-0.3, -0.25) is 0 Å². The maximum atomic E-state index is 13.2. The highest BCUT2D eigenvalue weighted by molar-refractivity contribution is 5.36. The molecule has 2 aromatic carbocycles. The topological polar surface area (TPSA) is 47.9 Å².